The zero-order valence-corrected chi connectivity index (χ0v) is 11.2. The van der Waals surface area contributed by atoms with E-state index in [2.05, 4.69) is 43.7 Å². The Balaban J connectivity index is 2.11. The van der Waals surface area contributed by atoms with Gasteiger partial charge >= 0.3 is 0 Å². The fourth-order valence-corrected chi connectivity index (χ4v) is 3.94. The Bertz CT molecular complexity index is 482. The first-order valence-electron chi connectivity index (χ1n) is 6.23. The van der Waals surface area contributed by atoms with Gasteiger partial charge in [0.2, 0.25) is 0 Å². The summed E-state index contributed by atoms with van der Waals surface area (Å²) in [5, 5.41) is 0.830. The van der Waals surface area contributed by atoms with Crippen LogP contribution >= 0.6 is 11.6 Å². The maximum Gasteiger partial charge on any atom is 0.0444 e. The highest BCUT2D eigenvalue weighted by Crippen LogP contribution is 2.56. The Labute approximate surface area is 108 Å². The fourth-order valence-electron chi connectivity index (χ4n) is 3.78. The zero-order valence-electron chi connectivity index (χ0n) is 10.4. The molecule has 90 valence electrons. The second kappa shape index (κ2) is 3.52. The van der Waals surface area contributed by atoms with Crippen LogP contribution in [0.2, 0.25) is 5.02 Å². The van der Waals surface area contributed by atoms with E-state index in [1.807, 2.05) is 6.07 Å². The first-order valence-corrected chi connectivity index (χ1v) is 6.60. The van der Waals surface area contributed by atoms with E-state index in [4.69, 9.17) is 11.6 Å². The number of fused-ring (bicyclic) bond motifs is 3. The van der Waals surface area contributed by atoms with Crippen molar-refractivity contribution in [1.29, 1.82) is 0 Å². The molecule has 1 heterocycles. The topological polar surface area (TPSA) is 3.24 Å². The molecule has 0 saturated heterocycles. The molecular weight excluding hydrogens is 230 g/mol. The highest BCUT2D eigenvalue weighted by atomic mass is 35.5. The molecule has 1 aliphatic carbocycles. The minimum atomic E-state index is 0.227. The summed E-state index contributed by atoms with van der Waals surface area (Å²) in [6, 6.07) is 6.86. The minimum Gasteiger partial charge on any atom is -0.370 e. The van der Waals surface area contributed by atoms with Crippen molar-refractivity contribution >= 4 is 17.3 Å². The number of likely N-dealkylation sites (N-methyl/N-ethyl adjacent to an activating group) is 1. The molecule has 0 radical (unpaired) electrons. The average Bonchev–Trinajstić information content (AvgIpc) is 2.79. The van der Waals surface area contributed by atoms with Gasteiger partial charge in [0.25, 0.3) is 0 Å². The maximum atomic E-state index is 6.10. The molecule has 0 aromatic heterocycles. The number of halogens is 1. The van der Waals surface area contributed by atoms with Gasteiger partial charge in [0.05, 0.1) is 0 Å². The monoisotopic (exact) mass is 247 g/mol. The molecule has 0 bridgehead atoms. The van der Waals surface area contributed by atoms with Gasteiger partial charge in [-0.05, 0) is 30.5 Å². The number of anilines is 1. The number of rotatable bonds is 1. The molecule has 0 N–H and O–H groups in total. The van der Waals surface area contributed by atoms with Crippen LogP contribution in [0.4, 0.5) is 5.69 Å². The second-order valence-electron chi connectivity index (χ2n) is 5.61. The van der Waals surface area contributed by atoms with Crippen LogP contribution in [0.15, 0.2) is 30.9 Å². The molecule has 0 spiro atoms. The summed E-state index contributed by atoms with van der Waals surface area (Å²) in [6.45, 7) is 6.36. The molecule has 1 nitrogen and oxygen atoms in total. The van der Waals surface area contributed by atoms with Crippen molar-refractivity contribution in [1.82, 2.24) is 0 Å². The minimum absolute atomic E-state index is 0.227. The first kappa shape index (κ1) is 11.2. The summed E-state index contributed by atoms with van der Waals surface area (Å²) in [5.74, 6) is 0.648. The summed E-state index contributed by atoms with van der Waals surface area (Å²) in [7, 11) is 2.19. The van der Waals surface area contributed by atoms with Crippen molar-refractivity contribution in [3.8, 4) is 0 Å². The van der Waals surface area contributed by atoms with Gasteiger partial charge in [-0.1, -0.05) is 30.7 Å². The van der Waals surface area contributed by atoms with Crippen molar-refractivity contribution in [2.75, 3.05) is 11.9 Å². The van der Waals surface area contributed by atoms with Crippen LogP contribution in [0.25, 0.3) is 0 Å². The Morgan fingerprint density at radius 2 is 2.29 bits per heavy atom. The van der Waals surface area contributed by atoms with Crippen molar-refractivity contribution in [2.24, 2.45) is 5.41 Å². The molecule has 3 unspecified atom stereocenters. The Kier molecular flexibility index (Phi) is 2.31. The number of nitrogens with zero attached hydrogens (tertiary/aromatic N) is 1. The third kappa shape index (κ3) is 1.38. The molecule has 3 rings (SSSR count). The Morgan fingerprint density at radius 3 is 3.00 bits per heavy atom. The number of hydrogen-bond acceptors (Lipinski definition) is 1. The largest absolute Gasteiger partial charge is 0.370 e. The zero-order chi connectivity index (χ0) is 12.2. The van der Waals surface area contributed by atoms with E-state index >= 15 is 0 Å². The molecule has 1 fully saturated rings. The molecule has 1 aromatic carbocycles. The van der Waals surface area contributed by atoms with Gasteiger partial charge in [-0.3, -0.25) is 0 Å². The molecule has 0 amide bonds. The highest BCUT2D eigenvalue weighted by Gasteiger charge is 2.50. The lowest BCUT2D eigenvalue weighted by Gasteiger charge is -2.34. The van der Waals surface area contributed by atoms with Crippen LogP contribution in [-0.2, 0) is 0 Å². The van der Waals surface area contributed by atoms with E-state index in [0.29, 0.717) is 12.0 Å². The summed E-state index contributed by atoms with van der Waals surface area (Å²) in [5.41, 5.74) is 3.00. The van der Waals surface area contributed by atoms with Crippen LogP contribution in [-0.4, -0.2) is 13.1 Å². The average molecular weight is 248 g/mol. The number of benzene rings is 1. The lowest BCUT2D eigenvalue weighted by molar-refractivity contribution is 0.375. The van der Waals surface area contributed by atoms with Crippen LogP contribution in [0.3, 0.4) is 0 Å². The van der Waals surface area contributed by atoms with Gasteiger partial charge < -0.3 is 4.90 Å². The third-order valence-electron chi connectivity index (χ3n) is 4.71. The highest BCUT2D eigenvalue weighted by molar-refractivity contribution is 6.30. The van der Waals surface area contributed by atoms with Gasteiger partial charge in [0, 0.05) is 35.1 Å². The van der Waals surface area contributed by atoms with Crippen molar-refractivity contribution in [3.63, 3.8) is 0 Å². The summed E-state index contributed by atoms with van der Waals surface area (Å²) < 4.78 is 0. The van der Waals surface area contributed by atoms with E-state index in [1.165, 1.54) is 24.1 Å². The van der Waals surface area contributed by atoms with Gasteiger partial charge in [-0.2, -0.15) is 0 Å². The maximum absolute atomic E-state index is 6.10. The van der Waals surface area contributed by atoms with Crippen LogP contribution in [0.5, 0.6) is 0 Å². The van der Waals surface area contributed by atoms with Crippen molar-refractivity contribution in [3.05, 3.63) is 41.4 Å². The molecule has 2 aliphatic rings. The standard InChI is InChI=1S/C15H18ClN/c1-4-15(2)8-7-12-11-6-5-10(16)9-13(11)17(3)14(12)15/h4-6,9,12,14H,1,7-8H2,2-3H3. The van der Waals surface area contributed by atoms with Crippen LogP contribution < -0.4 is 4.90 Å². The second-order valence-corrected chi connectivity index (χ2v) is 6.05. The molecule has 1 aromatic rings. The Hall–Kier alpha value is -0.950. The number of hydrogen-bond donors (Lipinski definition) is 0. The predicted molar refractivity (Wildman–Crippen MR) is 73.9 cm³/mol. The lowest BCUT2D eigenvalue weighted by Crippen LogP contribution is -2.39. The third-order valence-corrected chi connectivity index (χ3v) is 4.94. The molecule has 3 atom stereocenters. The Morgan fingerprint density at radius 1 is 1.53 bits per heavy atom. The summed E-state index contributed by atoms with van der Waals surface area (Å²) >= 11 is 6.10. The van der Waals surface area contributed by atoms with E-state index in [0.717, 1.165) is 5.02 Å². The first-order chi connectivity index (χ1) is 8.07. The quantitative estimate of drug-likeness (QED) is 0.672. The predicted octanol–water partition coefficient (Wildman–Crippen LogP) is 4.23. The van der Waals surface area contributed by atoms with Gasteiger partial charge in [-0.25, -0.2) is 0 Å². The van der Waals surface area contributed by atoms with E-state index < -0.39 is 0 Å². The summed E-state index contributed by atoms with van der Waals surface area (Å²) in [4.78, 5) is 2.40. The van der Waals surface area contributed by atoms with Crippen molar-refractivity contribution in [2.45, 2.75) is 31.7 Å². The summed E-state index contributed by atoms with van der Waals surface area (Å²) in [6.07, 6.45) is 4.63. The molecule has 1 aliphatic heterocycles. The smallest absolute Gasteiger partial charge is 0.0444 e. The molecular formula is C15H18ClN. The molecule has 2 heteroatoms. The van der Waals surface area contributed by atoms with Crippen LogP contribution in [0.1, 0.15) is 31.2 Å². The lowest BCUT2D eigenvalue weighted by atomic mass is 9.82. The van der Waals surface area contributed by atoms with E-state index in [1.54, 1.807) is 0 Å². The molecule has 17 heavy (non-hydrogen) atoms. The van der Waals surface area contributed by atoms with Gasteiger partial charge in [0.15, 0.2) is 0 Å². The van der Waals surface area contributed by atoms with E-state index in [-0.39, 0.29) is 5.41 Å². The fraction of sp³-hybridized carbons (Fsp3) is 0.467. The van der Waals surface area contributed by atoms with Gasteiger partial charge in [-0.15, -0.1) is 6.58 Å². The van der Waals surface area contributed by atoms with Crippen molar-refractivity contribution < 1.29 is 0 Å². The van der Waals surface area contributed by atoms with Gasteiger partial charge in [0.1, 0.15) is 0 Å². The van der Waals surface area contributed by atoms with E-state index in [9.17, 15) is 0 Å². The normalized spacial score (nSPS) is 34.6. The van der Waals surface area contributed by atoms with Crippen LogP contribution in [0, 0.1) is 5.41 Å². The SMILES string of the molecule is C=CC1(C)CCC2c3ccc(Cl)cc3N(C)C21. The molecule has 1 saturated carbocycles.